The minimum Gasteiger partial charge on any atom is -0.373 e. The van der Waals surface area contributed by atoms with Crippen molar-refractivity contribution in [2.45, 2.75) is 56.9 Å². The van der Waals surface area contributed by atoms with Gasteiger partial charge in [0.15, 0.2) is 0 Å². The summed E-state index contributed by atoms with van der Waals surface area (Å²) in [7, 11) is 1.94. The Morgan fingerprint density at radius 3 is 2.67 bits per heavy atom. The molecule has 0 saturated heterocycles. The molecule has 0 spiro atoms. The molecule has 1 saturated carbocycles. The molecule has 1 heterocycles. The molecule has 0 radical (unpaired) electrons. The van der Waals surface area contributed by atoms with Crippen molar-refractivity contribution < 1.29 is 0 Å². The molecule has 0 aromatic carbocycles. The molecule has 100 valence electrons. The van der Waals surface area contributed by atoms with Crippen molar-refractivity contribution in [3.05, 3.63) is 11.4 Å². The van der Waals surface area contributed by atoms with Crippen LogP contribution in [0.3, 0.4) is 0 Å². The van der Waals surface area contributed by atoms with Crippen LogP contribution in [-0.2, 0) is 0 Å². The molecule has 1 aliphatic rings. The minimum atomic E-state index is 0.618. The predicted molar refractivity (Wildman–Crippen MR) is 78.5 cm³/mol. The zero-order valence-electron chi connectivity index (χ0n) is 11.6. The van der Waals surface area contributed by atoms with Gasteiger partial charge in [0, 0.05) is 18.5 Å². The second-order valence-corrected chi connectivity index (χ2v) is 6.02. The molecule has 2 rings (SSSR count). The van der Waals surface area contributed by atoms with Crippen LogP contribution in [0.4, 0.5) is 5.82 Å². The van der Waals surface area contributed by atoms with Gasteiger partial charge in [0.05, 0.1) is 0 Å². The standard InChI is InChI=1S/C14H23N3S/c1-4-5-6-9-18-14-10(2)12(15-3)16-13(17-14)11-7-8-11/h11H,4-9H2,1-3H3,(H,15,16,17). The fourth-order valence-electron chi connectivity index (χ4n) is 1.94. The number of hydrogen-bond acceptors (Lipinski definition) is 4. The quantitative estimate of drug-likeness (QED) is 0.459. The molecule has 18 heavy (non-hydrogen) atoms. The van der Waals surface area contributed by atoms with E-state index in [0.29, 0.717) is 5.92 Å². The van der Waals surface area contributed by atoms with E-state index < -0.39 is 0 Å². The normalized spacial score (nSPS) is 14.8. The molecule has 0 aliphatic heterocycles. The summed E-state index contributed by atoms with van der Waals surface area (Å²) in [5.74, 6) is 3.83. The summed E-state index contributed by atoms with van der Waals surface area (Å²) >= 11 is 1.88. The summed E-state index contributed by atoms with van der Waals surface area (Å²) in [6, 6.07) is 0. The SMILES string of the molecule is CCCCCSc1nc(C2CC2)nc(NC)c1C. The van der Waals surface area contributed by atoms with Gasteiger partial charge in [-0.3, -0.25) is 0 Å². The maximum Gasteiger partial charge on any atom is 0.135 e. The van der Waals surface area contributed by atoms with Crippen LogP contribution in [0.15, 0.2) is 5.03 Å². The van der Waals surface area contributed by atoms with E-state index in [1.165, 1.54) is 48.4 Å². The molecule has 1 fully saturated rings. The van der Waals surface area contributed by atoms with Gasteiger partial charge < -0.3 is 5.32 Å². The first-order valence-electron chi connectivity index (χ1n) is 6.95. The fraction of sp³-hybridized carbons (Fsp3) is 0.714. The van der Waals surface area contributed by atoms with Gasteiger partial charge in [0.25, 0.3) is 0 Å². The van der Waals surface area contributed by atoms with Gasteiger partial charge in [-0.15, -0.1) is 11.8 Å². The Balaban J connectivity index is 2.08. The molecule has 4 heteroatoms. The van der Waals surface area contributed by atoms with Crippen LogP contribution in [0, 0.1) is 6.92 Å². The smallest absolute Gasteiger partial charge is 0.135 e. The highest BCUT2D eigenvalue weighted by molar-refractivity contribution is 7.99. The Morgan fingerprint density at radius 1 is 1.28 bits per heavy atom. The van der Waals surface area contributed by atoms with Crippen molar-refractivity contribution >= 4 is 17.6 Å². The van der Waals surface area contributed by atoms with Crippen LogP contribution in [-0.4, -0.2) is 22.8 Å². The average molecular weight is 265 g/mol. The molecular weight excluding hydrogens is 242 g/mol. The van der Waals surface area contributed by atoms with Crippen LogP contribution >= 0.6 is 11.8 Å². The lowest BCUT2D eigenvalue weighted by atomic mass is 10.3. The number of rotatable bonds is 7. The zero-order valence-corrected chi connectivity index (χ0v) is 12.4. The molecule has 1 N–H and O–H groups in total. The summed E-state index contributed by atoms with van der Waals surface area (Å²) in [5, 5.41) is 4.37. The number of nitrogens with zero attached hydrogens (tertiary/aromatic N) is 2. The van der Waals surface area contributed by atoms with Crippen molar-refractivity contribution in [2.24, 2.45) is 0 Å². The van der Waals surface area contributed by atoms with E-state index in [4.69, 9.17) is 4.98 Å². The molecule has 1 aromatic heterocycles. The topological polar surface area (TPSA) is 37.8 Å². The van der Waals surface area contributed by atoms with Crippen LogP contribution in [0.1, 0.15) is 56.3 Å². The van der Waals surface area contributed by atoms with Crippen molar-refractivity contribution in [1.82, 2.24) is 9.97 Å². The maximum absolute atomic E-state index is 4.75. The predicted octanol–water partition coefficient (Wildman–Crippen LogP) is 3.99. The van der Waals surface area contributed by atoms with Gasteiger partial charge in [0.2, 0.25) is 0 Å². The van der Waals surface area contributed by atoms with Gasteiger partial charge >= 0.3 is 0 Å². The number of hydrogen-bond donors (Lipinski definition) is 1. The van der Waals surface area contributed by atoms with Gasteiger partial charge in [-0.1, -0.05) is 19.8 Å². The Morgan fingerprint density at radius 2 is 2.06 bits per heavy atom. The maximum atomic E-state index is 4.75. The van der Waals surface area contributed by atoms with Gasteiger partial charge in [-0.05, 0) is 31.9 Å². The number of nitrogens with one attached hydrogen (secondary N) is 1. The number of thioether (sulfide) groups is 1. The van der Waals surface area contributed by atoms with Crippen LogP contribution < -0.4 is 5.32 Å². The Kier molecular flexibility index (Phi) is 4.87. The highest BCUT2D eigenvalue weighted by Crippen LogP contribution is 2.40. The van der Waals surface area contributed by atoms with Crippen molar-refractivity contribution in [3.8, 4) is 0 Å². The van der Waals surface area contributed by atoms with Crippen molar-refractivity contribution in [1.29, 1.82) is 0 Å². The van der Waals surface area contributed by atoms with E-state index >= 15 is 0 Å². The first-order chi connectivity index (χ1) is 8.76. The third kappa shape index (κ3) is 3.37. The van der Waals surface area contributed by atoms with E-state index in [0.717, 1.165) is 11.6 Å². The monoisotopic (exact) mass is 265 g/mol. The van der Waals surface area contributed by atoms with E-state index in [1.807, 2.05) is 18.8 Å². The second kappa shape index (κ2) is 6.41. The first-order valence-corrected chi connectivity index (χ1v) is 7.94. The molecule has 0 bridgehead atoms. The van der Waals surface area contributed by atoms with Gasteiger partial charge in [-0.25, -0.2) is 9.97 Å². The fourth-order valence-corrected chi connectivity index (χ4v) is 2.95. The third-order valence-corrected chi connectivity index (χ3v) is 4.45. The lowest BCUT2D eigenvalue weighted by Crippen LogP contribution is -2.04. The lowest BCUT2D eigenvalue weighted by molar-refractivity contribution is 0.777. The second-order valence-electron chi connectivity index (χ2n) is 4.94. The molecule has 0 atom stereocenters. The number of aromatic nitrogens is 2. The van der Waals surface area contributed by atoms with Crippen LogP contribution in [0.2, 0.25) is 0 Å². The largest absolute Gasteiger partial charge is 0.373 e. The molecule has 0 amide bonds. The number of unbranched alkanes of at least 4 members (excludes halogenated alkanes) is 2. The Bertz CT molecular complexity index is 402. The van der Waals surface area contributed by atoms with Gasteiger partial charge in [0.1, 0.15) is 16.7 Å². The van der Waals surface area contributed by atoms with Gasteiger partial charge in [-0.2, -0.15) is 0 Å². The summed E-state index contributed by atoms with van der Waals surface area (Å²) in [6.45, 7) is 4.36. The summed E-state index contributed by atoms with van der Waals surface area (Å²) < 4.78 is 0. The van der Waals surface area contributed by atoms with E-state index in [9.17, 15) is 0 Å². The average Bonchev–Trinajstić information content (AvgIpc) is 3.20. The third-order valence-electron chi connectivity index (χ3n) is 3.28. The van der Waals surface area contributed by atoms with E-state index in [-0.39, 0.29) is 0 Å². The van der Waals surface area contributed by atoms with E-state index in [2.05, 4.69) is 24.1 Å². The van der Waals surface area contributed by atoms with Crippen molar-refractivity contribution in [2.75, 3.05) is 18.1 Å². The summed E-state index contributed by atoms with van der Waals surface area (Å²) in [5.41, 5.74) is 1.20. The van der Waals surface area contributed by atoms with Crippen LogP contribution in [0.5, 0.6) is 0 Å². The Hall–Kier alpha value is -0.770. The first kappa shape index (κ1) is 13.7. The molecule has 3 nitrogen and oxygen atoms in total. The summed E-state index contributed by atoms with van der Waals surface area (Å²) in [4.78, 5) is 9.37. The highest BCUT2D eigenvalue weighted by atomic mass is 32.2. The minimum absolute atomic E-state index is 0.618. The Labute approximate surface area is 114 Å². The number of anilines is 1. The lowest BCUT2D eigenvalue weighted by Gasteiger charge is -2.11. The molecule has 1 aliphatic carbocycles. The molecular formula is C14H23N3S. The van der Waals surface area contributed by atoms with Crippen molar-refractivity contribution in [3.63, 3.8) is 0 Å². The highest BCUT2D eigenvalue weighted by Gasteiger charge is 2.28. The zero-order chi connectivity index (χ0) is 13.0. The summed E-state index contributed by atoms with van der Waals surface area (Å²) in [6.07, 6.45) is 6.38. The van der Waals surface area contributed by atoms with E-state index in [1.54, 1.807) is 0 Å². The molecule has 0 unspecified atom stereocenters. The van der Waals surface area contributed by atoms with Crippen LogP contribution in [0.25, 0.3) is 0 Å². The molecule has 1 aromatic rings.